The summed E-state index contributed by atoms with van der Waals surface area (Å²) < 4.78 is 26.5. The van der Waals surface area contributed by atoms with Gasteiger partial charge in [-0.3, -0.25) is 4.79 Å². The van der Waals surface area contributed by atoms with Gasteiger partial charge >= 0.3 is 0 Å². The van der Waals surface area contributed by atoms with Crippen LogP contribution in [0.15, 0.2) is 30.9 Å². The Balaban J connectivity index is 2.50. The summed E-state index contributed by atoms with van der Waals surface area (Å²) in [5.41, 5.74) is 1.14. The summed E-state index contributed by atoms with van der Waals surface area (Å²) in [7, 11) is 0. The first-order chi connectivity index (χ1) is 7.04. The number of halogens is 2. The smallest absolute Gasteiger partial charge is 0.291 e. The van der Waals surface area contributed by atoms with Crippen LogP contribution in [0.25, 0.3) is 0 Å². The van der Waals surface area contributed by atoms with Gasteiger partial charge in [0, 0.05) is 17.5 Å². The summed E-state index contributed by atoms with van der Waals surface area (Å²) in [6, 6.07) is 4.25. The van der Waals surface area contributed by atoms with Crippen molar-refractivity contribution in [1.29, 1.82) is 0 Å². The first kappa shape index (κ1) is 10.0. The molecule has 0 amide bonds. The van der Waals surface area contributed by atoms with E-state index in [-0.39, 0.29) is 11.3 Å². The number of carbonyl (C=O) groups excluding carboxylic acids is 1. The molecule has 0 N–H and O–H groups in total. The Morgan fingerprint density at radius 3 is 2.73 bits per heavy atom. The third-order valence-corrected chi connectivity index (χ3v) is 2.67. The number of aryl methyl sites for hydroxylation is 1. The second-order valence-corrected chi connectivity index (χ2v) is 3.62. The molecule has 0 aliphatic heterocycles. The summed E-state index contributed by atoms with van der Waals surface area (Å²) in [4.78, 5) is 11.4. The quantitative estimate of drug-likeness (QED) is 0.682. The predicted molar refractivity (Wildman–Crippen MR) is 53.2 cm³/mol. The minimum Gasteiger partial charge on any atom is -0.294 e. The summed E-state index contributed by atoms with van der Waals surface area (Å²) in [6.45, 7) is 3.09. The average Bonchev–Trinajstić information content (AvgIpc) is 2.60. The predicted octanol–water partition coefficient (Wildman–Crippen LogP) is 3.09. The minimum atomic E-state index is -3.06. The molecule has 0 saturated carbocycles. The molecule has 1 aromatic carbocycles. The van der Waals surface area contributed by atoms with Crippen LogP contribution in [0, 0.1) is 0 Å². The number of rotatable bonds is 2. The van der Waals surface area contributed by atoms with E-state index in [1.54, 1.807) is 6.07 Å². The molecular formula is C12H10F2O. The summed E-state index contributed by atoms with van der Waals surface area (Å²) >= 11 is 0. The highest BCUT2D eigenvalue weighted by Gasteiger charge is 2.29. The highest BCUT2D eigenvalue weighted by molar-refractivity contribution is 6.00. The molecule has 15 heavy (non-hydrogen) atoms. The van der Waals surface area contributed by atoms with Crippen molar-refractivity contribution in [3.05, 3.63) is 47.5 Å². The number of allylic oxidation sites excluding steroid dienone is 1. The number of hydrogen-bond donors (Lipinski definition) is 0. The van der Waals surface area contributed by atoms with Crippen molar-refractivity contribution in [3.63, 3.8) is 0 Å². The van der Waals surface area contributed by atoms with Crippen LogP contribution in [0.4, 0.5) is 8.78 Å². The van der Waals surface area contributed by atoms with Crippen LogP contribution in [0.5, 0.6) is 0 Å². The van der Waals surface area contributed by atoms with Crippen molar-refractivity contribution < 1.29 is 13.6 Å². The highest BCUT2D eigenvalue weighted by Crippen LogP contribution is 2.32. The largest absolute Gasteiger partial charge is 0.294 e. The molecule has 2 rings (SSSR count). The minimum absolute atomic E-state index is 0.0493. The van der Waals surface area contributed by atoms with E-state index in [1.807, 2.05) is 0 Å². The first-order valence-corrected chi connectivity index (χ1v) is 4.72. The van der Waals surface area contributed by atoms with E-state index in [2.05, 4.69) is 6.58 Å². The summed E-state index contributed by atoms with van der Waals surface area (Å²) in [5, 5.41) is 0. The Morgan fingerprint density at radius 2 is 2.07 bits per heavy atom. The number of ketones is 1. The Bertz CT molecular complexity index is 435. The van der Waals surface area contributed by atoms with Crippen molar-refractivity contribution in [1.82, 2.24) is 0 Å². The van der Waals surface area contributed by atoms with Crippen LogP contribution in [0.3, 0.4) is 0 Å². The molecule has 1 aliphatic rings. The topological polar surface area (TPSA) is 17.1 Å². The fourth-order valence-corrected chi connectivity index (χ4v) is 1.76. The van der Waals surface area contributed by atoms with Crippen molar-refractivity contribution in [2.24, 2.45) is 0 Å². The molecule has 1 nitrogen and oxygen atoms in total. The van der Waals surface area contributed by atoms with Crippen LogP contribution in [0.1, 0.15) is 27.9 Å². The third kappa shape index (κ3) is 1.58. The van der Waals surface area contributed by atoms with Crippen molar-refractivity contribution in [3.8, 4) is 0 Å². The Morgan fingerprint density at radius 1 is 1.33 bits per heavy atom. The number of hydrogen-bond acceptors (Lipinski definition) is 1. The SMILES string of the molecule is C=CC(F)(F)c1ccc2c(c1)C(=O)CC2. The summed E-state index contributed by atoms with van der Waals surface area (Å²) in [6.07, 6.45) is 1.68. The molecule has 0 radical (unpaired) electrons. The zero-order chi connectivity index (χ0) is 11.1. The maximum absolute atomic E-state index is 13.3. The van der Waals surface area contributed by atoms with E-state index in [9.17, 15) is 13.6 Å². The molecule has 0 atom stereocenters. The Labute approximate surface area is 86.4 Å². The lowest BCUT2D eigenvalue weighted by Crippen LogP contribution is -2.09. The van der Waals surface area contributed by atoms with Crippen LogP contribution < -0.4 is 0 Å². The monoisotopic (exact) mass is 208 g/mol. The van der Waals surface area contributed by atoms with Gasteiger partial charge in [-0.05, 0) is 24.1 Å². The van der Waals surface area contributed by atoms with Crippen molar-refractivity contribution >= 4 is 5.78 Å². The molecule has 0 heterocycles. The van der Waals surface area contributed by atoms with Gasteiger partial charge < -0.3 is 0 Å². The molecule has 0 fully saturated rings. The number of alkyl halides is 2. The molecule has 1 aliphatic carbocycles. The second-order valence-electron chi connectivity index (χ2n) is 3.62. The van der Waals surface area contributed by atoms with Crippen molar-refractivity contribution in [2.45, 2.75) is 18.8 Å². The summed E-state index contributed by atoms with van der Waals surface area (Å²) in [5.74, 6) is -3.11. The van der Waals surface area contributed by atoms with Crippen LogP contribution in [-0.2, 0) is 12.3 Å². The molecule has 0 spiro atoms. The molecule has 0 unspecified atom stereocenters. The Kier molecular flexibility index (Phi) is 2.18. The Hall–Kier alpha value is -1.51. The second kappa shape index (κ2) is 3.26. The van der Waals surface area contributed by atoms with E-state index in [0.29, 0.717) is 24.5 Å². The standard InChI is InChI=1S/C12H10F2O/c1-2-12(13,14)9-5-3-8-4-6-11(15)10(8)7-9/h2-3,5,7H,1,4,6H2. The molecule has 3 heteroatoms. The van der Waals surface area contributed by atoms with E-state index < -0.39 is 5.92 Å². The van der Waals surface area contributed by atoms with Crippen LogP contribution >= 0.6 is 0 Å². The van der Waals surface area contributed by atoms with Gasteiger partial charge in [0.15, 0.2) is 5.78 Å². The lowest BCUT2D eigenvalue weighted by atomic mass is 10.0. The molecular weight excluding hydrogens is 198 g/mol. The van der Waals surface area contributed by atoms with Gasteiger partial charge in [-0.2, -0.15) is 8.78 Å². The number of carbonyl (C=O) groups is 1. The van der Waals surface area contributed by atoms with Gasteiger partial charge in [0.05, 0.1) is 0 Å². The van der Waals surface area contributed by atoms with E-state index >= 15 is 0 Å². The molecule has 0 aromatic heterocycles. The van der Waals surface area contributed by atoms with Gasteiger partial charge in [0.25, 0.3) is 5.92 Å². The zero-order valence-electron chi connectivity index (χ0n) is 8.09. The fraction of sp³-hybridized carbons (Fsp3) is 0.250. The molecule has 78 valence electrons. The number of Topliss-reactive ketones (excluding diaryl/α,β-unsaturated/α-hetero) is 1. The third-order valence-electron chi connectivity index (χ3n) is 2.67. The normalized spacial score (nSPS) is 15.2. The molecule has 1 aromatic rings. The average molecular weight is 208 g/mol. The van der Waals surface area contributed by atoms with E-state index in [1.165, 1.54) is 12.1 Å². The van der Waals surface area contributed by atoms with Gasteiger partial charge in [-0.15, -0.1) is 0 Å². The van der Waals surface area contributed by atoms with E-state index in [0.717, 1.165) is 5.56 Å². The fourth-order valence-electron chi connectivity index (χ4n) is 1.76. The van der Waals surface area contributed by atoms with Gasteiger partial charge in [-0.1, -0.05) is 18.7 Å². The van der Waals surface area contributed by atoms with Gasteiger partial charge in [0.1, 0.15) is 0 Å². The lowest BCUT2D eigenvalue weighted by Gasteiger charge is -2.12. The van der Waals surface area contributed by atoms with Crippen molar-refractivity contribution in [2.75, 3.05) is 0 Å². The van der Waals surface area contributed by atoms with Gasteiger partial charge in [0.2, 0.25) is 0 Å². The molecule has 0 saturated heterocycles. The molecule has 0 bridgehead atoms. The van der Waals surface area contributed by atoms with E-state index in [4.69, 9.17) is 0 Å². The maximum Gasteiger partial charge on any atom is 0.291 e. The number of fused-ring (bicyclic) bond motifs is 1. The van der Waals surface area contributed by atoms with Gasteiger partial charge in [-0.25, -0.2) is 0 Å². The first-order valence-electron chi connectivity index (χ1n) is 4.72. The highest BCUT2D eigenvalue weighted by atomic mass is 19.3. The zero-order valence-corrected chi connectivity index (χ0v) is 8.09. The van der Waals surface area contributed by atoms with Crippen LogP contribution in [0.2, 0.25) is 0 Å². The number of benzene rings is 1. The maximum atomic E-state index is 13.3. The van der Waals surface area contributed by atoms with Crippen LogP contribution in [-0.4, -0.2) is 5.78 Å². The lowest BCUT2D eigenvalue weighted by molar-refractivity contribution is 0.0525.